The second-order valence-electron chi connectivity index (χ2n) is 10.2. The first kappa shape index (κ1) is 27.0. The molecule has 0 spiro atoms. The van der Waals surface area contributed by atoms with Gasteiger partial charge in [-0.3, -0.25) is 4.79 Å². The number of carboxylic acids is 1. The van der Waals surface area contributed by atoms with Crippen LogP contribution in [0.5, 0.6) is 5.75 Å². The van der Waals surface area contributed by atoms with Crippen LogP contribution < -0.4 is 10.1 Å². The maximum absolute atomic E-state index is 14.0. The number of nitrogens with zero attached hydrogens (tertiary/aromatic N) is 3. The number of hydrogen-bond donors (Lipinski definition) is 3. The highest BCUT2D eigenvalue weighted by molar-refractivity contribution is 5.71. The minimum absolute atomic E-state index is 0.00196. The monoisotopic (exact) mass is 570 g/mol. The molecule has 1 saturated carbocycles. The first-order valence-corrected chi connectivity index (χ1v) is 13.1. The van der Waals surface area contributed by atoms with E-state index in [9.17, 15) is 28.2 Å². The van der Waals surface area contributed by atoms with E-state index in [0.29, 0.717) is 42.6 Å². The van der Waals surface area contributed by atoms with Crippen LogP contribution in [-0.4, -0.2) is 50.2 Å². The highest BCUT2D eigenvalue weighted by Crippen LogP contribution is 2.43. The number of aromatic nitrogens is 3. The average molecular weight is 571 g/mol. The van der Waals surface area contributed by atoms with Crippen molar-refractivity contribution >= 4 is 5.97 Å². The quantitative estimate of drug-likeness (QED) is 0.286. The highest BCUT2D eigenvalue weighted by Gasteiger charge is 2.43. The number of rotatable bonds is 6. The number of ether oxygens (including phenoxy) is 1. The second-order valence-corrected chi connectivity index (χ2v) is 10.2. The van der Waals surface area contributed by atoms with Gasteiger partial charge in [-0.25, -0.2) is 0 Å². The van der Waals surface area contributed by atoms with E-state index in [1.807, 2.05) is 0 Å². The molecule has 10 nitrogen and oxygen atoms in total. The van der Waals surface area contributed by atoms with Crippen molar-refractivity contribution in [2.75, 3.05) is 6.61 Å². The number of halogens is 3. The first-order valence-electron chi connectivity index (χ1n) is 13.1. The van der Waals surface area contributed by atoms with E-state index >= 15 is 0 Å². The van der Waals surface area contributed by atoms with Crippen LogP contribution in [0.25, 0.3) is 34.3 Å². The van der Waals surface area contributed by atoms with Crippen molar-refractivity contribution in [1.29, 1.82) is 0 Å². The molecule has 1 aliphatic heterocycles. The van der Waals surface area contributed by atoms with E-state index in [2.05, 4.69) is 20.6 Å². The number of fused-ring (bicyclic) bond motifs is 1. The Morgan fingerprint density at radius 3 is 2.44 bits per heavy atom. The lowest BCUT2D eigenvalue weighted by Gasteiger charge is -2.36. The van der Waals surface area contributed by atoms with Gasteiger partial charge >= 0.3 is 12.1 Å². The van der Waals surface area contributed by atoms with Gasteiger partial charge in [0.2, 0.25) is 11.6 Å². The van der Waals surface area contributed by atoms with Crippen molar-refractivity contribution in [3.63, 3.8) is 0 Å². The van der Waals surface area contributed by atoms with Crippen molar-refractivity contribution in [2.45, 2.75) is 50.0 Å². The smallest absolute Gasteiger partial charge is 0.422 e. The van der Waals surface area contributed by atoms with Gasteiger partial charge < -0.3 is 29.3 Å². The van der Waals surface area contributed by atoms with E-state index < -0.39 is 35.5 Å². The molecule has 6 rings (SSSR count). The molecule has 3 N–H and O–H groups in total. The summed E-state index contributed by atoms with van der Waals surface area (Å²) in [5.74, 6) is -1.89. The number of benzene rings is 2. The fourth-order valence-corrected chi connectivity index (χ4v) is 5.40. The zero-order valence-corrected chi connectivity index (χ0v) is 21.5. The van der Waals surface area contributed by atoms with Crippen molar-refractivity contribution in [1.82, 2.24) is 20.6 Å². The van der Waals surface area contributed by atoms with Gasteiger partial charge in [0.05, 0.1) is 12.0 Å². The molecule has 2 aromatic heterocycles. The van der Waals surface area contributed by atoms with Crippen LogP contribution in [0.1, 0.15) is 42.9 Å². The summed E-state index contributed by atoms with van der Waals surface area (Å²) in [6.07, 6.45) is -3.14. The van der Waals surface area contributed by atoms with Gasteiger partial charge in [0.25, 0.3) is 5.89 Å². The van der Waals surface area contributed by atoms with Gasteiger partial charge in [-0.15, -0.1) is 0 Å². The van der Waals surface area contributed by atoms with Crippen LogP contribution in [0, 0.1) is 5.92 Å². The van der Waals surface area contributed by atoms with Gasteiger partial charge in [0, 0.05) is 22.7 Å². The first-order chi connectivity index (χ1) is 19.7. The van der Waals surface area contributed by atoms with Crippen molar-refractivity contribution in [3.05, 3.63) is 59.7 Å². The van der Waals surface area contributed by atoms with E-state index in [4.69, 9.17) is 13.8 Å². The summed E-state index contributed by atoms with van der Waals surface area (Å²) in [6, 6.07) is 12.4. The molecule has 2 aliphatic rings. The number of hydrogen-bond acceptors (Lipinski definition) is 9. The topological polar surface area (TPSA) is 144 Å². The minimum atomic E-state index is -4.80. The van der Waals surface area contributed by atoms with Gasteiger partial charge in [0.15, 0.2) is 0 Å². The van der Waals surface area contributed by atoms with Crippen molar-refractivity contribution < 1.29 is 42.0 Å². The molecule has 0 radical (unpaired) electrons. The molecule has 2 atom stereocenters. The van der Waals surface area contributed by atoms with Crippen molar-refractivity contribution in [3.8, 4) is 40.0 Å². The lowest BCUT2D eigenvalue weighted by molar-refractivity contribution is -0.143. The van der Waals surface area contributed by atoms with Crippen LogP contribution in [0.4, 0.5) is 13.2 Å². The average Bonchev–Trinajstić information content (AvgIpc) is 3.63. The van der Waals surface area contributed by atoms with Crippen LogP contribution in [0.2, 0.25) is 0 Å². The number of aliphatic hydroxyl groups excluding tert-OH is 1. The molecule has 13 heteroatoms. The molecule has 0 bridgehead atoms. The Morgan fingerprint density at radius 1 is 0.976 bits per heavy atom. The SMILES string of the molecule is O=C(O)C1CCC(NC2COc3cc(-c4noc(-c5onc(-c6ccccc6)c5C(F)(F)F)n4)ccc3C2O)CC1. The maximum atomic E-state index is 14.0. The molecule has 3 heterocycles. The highest BCUT2D eigenvalue weighted by atomic mass is 19.4. The van der Waals surface area contributed by atoms with Gasteiger partial charge in [-0.2, -0.15) is 18.2 Å². The Kier molecular flexibility index (Phi) is 6.99. The zero-order chi connectivity index (χ0) is 28.7. The molecule has 4 aromatic rings. The van der Waals surface area contributed by atoms with Crippen LogP contribution >= 0.6 is 0 Å². The lowest BCUT2D eigenvalue weighted by Crippen LogP contribution is -2.48. The number of carboxylic acid groups (broad SMARTS) is 1. The Morgan fingerprint density at radius 2 is 1.73 bits per heavy atom. The third kappa shape index (κ3) is 5.30. The van der Waals surface area contributed by atoms with E-state index in [1.54, 1.807) is 36.4 Å². The lowest BCUT2D eigenvalue weighted by atomic mass is 9.85. The Balaban J connectivity index is 1.20. The second kappa shape index (κ2) is 10.6. The molecule has 0 saturated heterocycles. The molecular weight excluding hydrogens is 545 g/mol. The Bertz CT molecular complexity index is 1550. The Labute approximate surface area is 231 Å². The molecule has 0 amide bonds. The summed E-state index contributed by atoms with van der Waals surface area (Å²) >= 11 is 0. The predicted octanol–water partition coefficient (Wildman–Crippen LogP) is 5.10. The van der Waals surface area contributed by atoms with Gasteiger partial charge in [0.1, 0.15) is 29.7 Å². The summed E-state index contributed by atoms with van der Waals surface area (Å²) in [7, 11) is 0. The normalized spacial score (nSPS) is 22.6. The van der Waals surface area contributed by atoms with Gasteiger partial charge in [-0.1, -0.05) is 52.8 Å². The molecular formula is C28H25F3N4O6. The van der Waals surface area contributed by atoms with E-state index in [1.165, 1.54) is 12.1 Å². The maximum Gasteiger partial charge on any atom is 0.422 e. The predicted molar refractivity (Wildman–Crippen MR) is 136 cm³/mol. The van der Waals surface area contributed by atoms with Gasteiger partial charge in [-0.05, 0) is 31.7 Å². The zero-order valence-electron chi connectivity index (χ0n) is 21.5. The van der Waals surface area contributed by atoms with Crippen molar-refractivity contribution in [2.24, 2.45) is 5.92 Å². The largest absolute Gasteiger partial charge is 0.491 e. The summed E-state index contributed by atoms with van der Waals surface area (Å²) in [5.41, 5.74) is -0.350. The minimum Gasteiger partial charge on any atom is -0.491 e. The number of aliphatic carboxylic acids is 1. The number of nitrogens with one attached hydrogen (secondary N) is 1. The third-order valence-corrected chi connectivity index (χ3v) is 7.56. The summed E-state index contributed by atoms with van der Waals surface area (Å²) in [4.78, 5) is 15.3. The molecule has 1 fully saturated rings. The number of alkyl halides is 3. The third-order valence-electron chi connectivity index (χ3n) is 7.56. The van der Waals surface area contributed by atoms with E-state index in [0.717, 1.165) is 0 Å². The van der Waals surface area contributed by atoms with Crippen LogP contribution in [-0.2, 0) is 11.0 Å². The number of carbonyl (C=O) groups is 1. The van der Waals surface area contributed by atoms with Crippen LogP contribution in [0.3, 0.4) is 0 Å². The fraction of sp³-hybridized carbons (Fsp3) is 0.357. The van der Waals surface area contributed by atoms with Crippen LogP contribution in [0.15, 0.2) is 57.6 Å². The molecule has 41 heavy (non-hydrogen) atoms. The fourth-order valence-electron chi connectivity index (χ4n) is 5.40. The number of aliphatic hydroxyl groups is 1. The molecule has 214 valence electrons. The summed E-state index contributed by atoms with van der Waals surface area (Å²) in [6.45, 7) is 0.170. The Hall–Kier alpha value is -4.23. The summed E-state index contributed by atoms with van der Waals surface area (Å²) in [5, 5.41) is 31.1. The van der Waals surface area contributed by atoms with E-state index in [-0.39, 0.29) is 41.7 Å². The molecule has 2 aromatic carbocycles. The molecule has 2 unspecified atom stereocenters. The standard InChI is InChI=1S/C28H25F3N4O6/c29-28(30,31)21-22(14-4-2-1-3-5-14)34-40-24(21)26-33-25(35-41-26)16-8-11-18-20(12-16)39-13-19(23(18)36)32-17-9-6-15(7-10-17)27(37)38/h1-5,8,11-12,15,17,19,23,32,36H,6-7,9-10,13H2,(H,37,38). The molecule has 1 aliphatic carbocycles. The summed E-state index contributed by atoms with van der Waals surface area (Å²) < 4.78 is 58.2.